The number of thioether (sulfide) groups is 1. The number of nitrogens with one attached hydrogen (secondary N) is 2. The minimum absolute atomic E-state index is 0.00802. The zero-order valence-electron chi connectivity index (χ0n) is 17.7. The number of hydrogen-bond donors (Lipinski definition) is 3. The van der Waals surface area contributed by atoms with Crippen molar-refractivity contribution in [3.8, 4) is 0 Å². The lowest BCUT2D eigenvalue weighted by atomic mass is 10.1. The number of carbonyl (C=O) groups excluding carboxylic acids is 2. The average molecular weight is 473 g/mol. The molecule has 0 radical (unpaired) electrons. The van der Waals surface area contributed by atoms with Crippen molar-refractivity contribution < 1.29 is 14.7 Å². The molecular weight excluding hydrogens is 448 g/mol. The zero-order chi connectivity index (χ0) is 22.9. The molecule has 1 aromatic heterocycles. The molecule has 3 N–H and O–H groups in total. The number of aliphatic hydroxyl groups excluding tert-OH is 1. The molecule has 0 saturated carbocycles. The molecule has 3 aromatic rings. The highest BCUT2D eigenvalue weighted by atomic mass is 35.5. The number of nitrogens with zero attached hydrogens (tertiary/aromatic N) is 2. The van der Waals surface area contributed by atoms with Crippen LogP contribution in [0.25, 0.3) is 0 Å². The van der Waals surface area contributed by atoms with Gasteiger partial charge in [0.15, 0.2) is 5.16 Å². The van der Waals surface area contributed by atoms with E-state index in [1.54, 1.807) is 16.7 Å². The molecule has 2 amide bonds. The summed E-state index contributed by atoms with van der Waals surface area (Å²) < 4.78 is 1.62. The van der Waals surface area contributed by atoms with E-state index in [1.165, 1.54) is 23.5 Å². The van der Waals surface area contributed by atoms with Crippen molar-refractivity contribution in [2.75, 3.05) is 11.1 Å². The van der Waals surface area contributed by atoms with Crippen LogP contribution in [0.2, 0.25) is 5.02 Å². The number of aryl methyl sites for hydroxylation is 1. The Morgan fingerprint density at radius 1 is 1.06 bits per heavy atom. The third-order valence-electron chi connectivity index (χ3n) is 4.75. The number of imidazole rings is 1. The normalized spacial score (nSPS) is 10.7. The predicted molar refractivity (Wildman–Crippen MR) is 127 cm³/mol. The summed E-state index contributed by atoms with van der Waals surface area (Å²) in [4.78, 5) is 29.0. The SMILES string of the molecule is CCc1ccc(NC(=O)CSc2ncc(CO)n2CC(=O)NCc2ccc(Cl)cc2)cc1. The van der Waals surface area contributed by atoms with Gasteiger partial charge in [0.25, 0.3) is 0 Å². The maximum atomic E-state index is 12.4. The van der Waals surface area contributed by atoms with Crippen LogP contribution in [0.15, 0.2) is 59.9 Å². The summed E-state index contributed by atoms with van der Waals surface area (Å²) in [6.07, 6.45) is 2.45. The van der Waals surface area contributed by atoms with Gasteiger partial charge in [-0.05, 0) is 41.8 Å². The predicted octanol–water partition coefficient (Wildman–Crippen LogP) is 3.64. The third-order valence-corrected chi connectivity index (χ3v) is 5.99. The Hall–Kier alpha value is -2.81. The standard InChI is InChI=1S/C23H25ClN4O3S/c1-2-16-5-9-19(10-6-16)27-22(31)15-32-23-26-12-20(14-29)28(23)13-21(30)25-11-17-3-7-18(24)8-4-17/h3-10,12,29H,2,11,13-15H2,1H3,(H,25,30)(H,27,31). The minimum atomic E-state index is -0.256. The molecular formula is C23H25ClN4O3S. The second-order valence-corrected chi connectivity index (χ2v) is 8.45. The van der Waals surface area contributed by atoms with Gasteiger partial charge in [0.2, 0.25) is 11.8 Å². The monoisotopic (exact) mass is 472 g/mol. The maximum absolute atomic E-state index is 12.4. The van der Waals surface area contributed by atoms with E-state index in [1.807, 2.05) is 36.4 Å². The summed E-state index contributed by atoms with van der Waals surface area (Å²) in [5, 5.41) is 16.4. The molecule has 0 unspecified atom stereocenters. The average Bonchev–Trinajstić information content (AvgIpc) is 3.19. The first-order valence-electron chi connectivity index (χ1n) is 10.2. The highest BCUT2D eigenvalue weighted by molar-refractivity contribution is 7.99. The van der Waals surface area contributed by atoms with Crippen LogP contribution in [0.1, 0.15) is 23.7 Å². The van der Waals surface area contributed by atoms with Crippen LogP contribution < -0.4 is 10.6 Å². The molecule has 9 heteroatoms. The lowest BCUT2D eigenvalue weighted by molar-refractivity contribution is -0.122. The molecule has 2 aromatic carbocycles. The summed E-state index contributed by atoms with van der Waals surface area (Å²) in [5.74, 6) is -0.273. The van der Waals surface area contributed by atoms with Crippen LogP contribution in [0, 0.1) is 0 Å². The first-order valence-corrected chi connectivity index (χ1v) is 11.5. The van der Waals surface area contributed by atoms with E-state index in [2.05, 4.69) is 22.5 Å². The first kappa shape index (κ1) is 23.8. The van der Waals surface area contributed by atoms with Crippen molar-refractivity contribution in [3.63, 3.8) is 0 Å². The summed E-state index contributed by atoms with van der Waals surface area (Å²) in [6, 6.07) is 14.9. The third kappa shape index (κ3) is 6.85. The molecule has 0 spiro atoms. The van der Waals surface area contributed by atoms with E-state index in [0.717, 1.165) is 17.7 Å². The highest BCUT2D eigenvalue weighted by Gasteiger charge is 2.15. The van der Waals surface area contributed by atoms with E-state index in [4.69, 9.17) is 11.6 Å². The van der Waals surface area contributed by atoms with Crippen LogP contribution in [-0.4, -0.2) is 32.2 Å². The molecule has 7 nitrogen and oxygen atoms in total. The van der Waals surface area contributed by atoms with Gasteiger partial charge < -0.3 is 20.3 Å². The second-order valence-electron chi connectivity index (χ2n) is 7.07. The second kappa shape index (κ2) is 11.7. The fraction of sp³-hybridized carbons (Fsp3) is 0.261. The van der Waals surface area contributed by atoms with Gasteiger partial charge in [0, 0.05) is 17.3 Å². The fourth-order valence-electron chi connectivity index (χ4n) is 2.96. The number of benzene rings is 2. The zero-order valence-corrected chi connectivity index (χ0v) is 19.2. The van der Waals surface area contributed by atoms with Crippen molar-refractivity contribution in [1.82, 2.24) is 14.9 Å². The van der Waals surface area contributed by atoms with Gasteiger partial charge in [-0.3, -0.25) is 9.59 Å². The van der Waals surface area contributed by atoms with Crippen LogP contribution >= 0.6 is 23.4 Å². The van der Waals surface area contributed by atoms with E-state index in [-0.39, 0.29) is 30.7 Å². The number of aliphatic hydroxyl groups is 1. The maximum Gasteiger partial charge on any atom is 0.240 e. The van der Waals surface area contributed by atoms with Gasteiger partial charge in [-0.1, -0.05) is 54.6 Å². The lowest BCUT2D eigenvalue weighted by Crippen LogP contribution is -2.28. The Balaban J connectivity index is 1.55. The molecule has 0 aliphatic heterocycles. The molecule has 1 heterocycles. The lowest BCUT2D eigenvalue weighted by Gasteiger charge is -2.11. The molecule has 0 aliphatic rings. The largest absolute Gasteiger partial charge is 0.390 e. The van der Waals surface area contributed by atoms with Gasteiger partial charge >= 0.3 is 0 Å². The summed E-state index contributed by atoms with van der Waals surface area (Å²) in [6.45, 7) is 2.17. The molecule has 0 aliphatic carbocycles. The number of anilines is 1. The van der Waals surface area contributed by atoms with Crippen LogP contribution in [0.5, 0.6) is 0 Å². The summed E-state index contributed by atoms with van der Waals surface area (Å²) in [7, 11) is 0. The van der Waals surface area contributed by atoms with Crippen molar-refractivity contribution in [2.24, 2.45) is 0 Å². The van der Waals surface area contributed by atoms with Gasteiger partial charge in [-0.2, -0.15) is 0 Å². The topological polar surface area (TPSA) is 96.2 Å². The highest BCUT2D eigenvalue weighted by Crippen LogP contribution is 2.20. The summed E-state index contributed by atoms with van der Waals surface area (Å²) in [5.41, 5.74) is 3.36. The quantitative estimate of drug-likeness (QED) is 0.391. The Kier molecular flexibility index (Phi) is 8.72. The molecule has 168 valence electrons. The smallest absolute Gasteiger partial charge is 0.240 e. The number of hydrogen-bond acceptors (Lipinski definition) is 5. The summed E-state index contributed by atoms with van der Waals surface area (Å²) >= 11 is 7.09. The Bertz CT molecular complexity index is 1050. The number of amides is 2. The van der Waals surface area contributed by atoms with E-state index < -0.39 is 0 Å². The molecule has 0 saturated heterocycles. The van der Waals surface area contributed by atoms with Crippen molar-refractivity contribution >= 4 is 40.9 Å². The minimum Gasteiger partial charge on any atom is -0.390 e. The van der Waals surface area contributed by atoms with E-state index in [9.17, 15) is 14.7 Å². The Labute approximate surface area is 196 Å². The number of halogens is 1. The Morgan fingerprint density at radius 2 is 1.75 bits per heavy atom. The molecule has 0 atom stereocenters. The molecule has 32 heavy (non-hydrogen) atoms. The van der Waals surface area contributed by atoms with Gasteiger partial charge in [-0.15, -0.1) is 0 Å². The number of aromatic nitrogens is 2. The van der Waals surface area contributed by atoms with Crippen LogP contribution in [-0.2, 0) is 35.7 Å². The number of rotatable bonds is 10. The van der Waals surface area contributed by atoms with Crippen LogP contribution in [0.3, 0.4) is 0 Å². The molecule has 0 fully saturated rings. The Morgan fingerprint density at radius 3 is 2.41 bits per heavy atom. The van der Waals surface area contributed by atoms with Crippen molar-refractivity contribution in [3.05, 3.63) is 76.6 Å². The van der Waals surface area contributed by atoms with Gasteiger partial charge in [0.1, 0.15) is 6.54 Å². The first-order chi connectivity index (χ1) is 15.5. The fourth-order valence-corrected chi connectivity index (χ4v) is 3.88. The van der Waals surface area contributed by atoms with Gasteiger partial charge in [0.05, 0.1) is 24.3 Å². The van der Waals surface area contributed by atoms with E-state index >= 15 is 0 Å². The number of carbonyl (C=O) groups is 2. The van der Waals surface area contributed by atoms with Gasteiger partial charge in [-0.25, -0.2) is 4.98 Å². The molecule has 3 rings (SSSR count). The van der Waals surface area contributed by atoms with Crippen LogP contribution in [0.4, 0.5) is 5.69 Å². The molecule has 0 bridgehead atoms. The van der Waals surface area contributed by atoms with Crippen molar-refractivity contribution in [2.45, 2.75) is 38.2 Å². The van der Waals surface area contributed by atoms with E-state index in [0.29, 0.717) is 22.4 Å². The van der Waals surface area contributed by atoms with Crippen molar-refractivity contribution in [1.29, 1.82) is 0 Å².